The van der Waals surface area contributed by atoms with Crippen LogP contribution in [0.25, 0.3) is 0 Å². The van der Waals surface area contributed by atoms with Gasteiger partial charge in [-0.25, -0.2) is 4.39 Å². The van der Waals surface area contributed by atoms with Crippen molar-refractivity contribution in [1.29, 1.82) is 0 Å². The maximum atomic E-state index is 13.1. The van der Waals surface area contributed by atoms with Crippen LogP contribution in [0.5, 0.6) is 5.75 Å². The first kappa shape index (κ1) is 16.7. The molecular weight excluding hydrogens is 255 g/mol. The fourth-order valence-electron chi connectivity index (χ4n) is 2.14. The van der Waals surface area contributed by atoms with Gasteiger partial charge in [-0.05, 0) is 31.5 Å². The van der Waals surface area contributed by atoms with Gasteiger partial charge in [0.25, 0.3) is 0 Å². The summed E-state index contributed by atoms with van der Waals surface area (Å²) in [6.45, 7) is 4.22. The quantitative estimate of drug-likeness (QED) is 0.437. The first-order valence-electron chi connectivity index (χ1n) is 7.58. The van der Waals surface area contributed by atoms with Gasteiger partial charge in [0.1, 0.15) is 11.6 Å². The average Bonchev–Trinajstić information content (AvgIpc) is 2.43. The van der Waals surface area contributed by atoms with E-state index >= 15 is 0 Å². The van der Waals surface area contributed by atoms with Crippen LogP contribution < -0.4 is 4.74 Å². The van der Waals surface area contributed by atoms with E-state index in [4.69, 9.17) is 4.74 Å². The van der Waals surface area contributed by atoms with Crippen LogP contribution in [0, 0.1) is 5.82 Å². The summed E-state index contributed by atoms with van der Waals surface area (Å²) in [5.41, 5.74) is 0.327. The molecule has 0 radical (unpaired) electrons. The Bertz CT molecular complexity index is 415. The monoisotopic (exact) mass is 280 g/mol. The second kappa shape index (κ2) is 9.51. The van der Waals surface area contributed by atoms with Crippen LogP contribution in [0.15, 0.2) is 18.2 Å². The van der Waals surface area contributed by atoms with Crippen molar-refractivity contribution in [3.05, 3.63) is 29.6 Å². The largest absolute Gasteiger partial charge is 0.493 e. The minimum absolute atomic E-state index is 0.168. The lowest BCUT2D eigenvalue weighted by Gasteiger charge is -2.09. The van der Waals surface area contributed by atoms with Crippen LogP contribution in [0.1, 0.15) is 69.2 Å². The lowest BCUT2D eigenvalue weighted by atomic mass is 10.1. The maximum Gasteiger partial charge on any atom is 0.163 e. The molecule has 0 spiro atoms. The molecule has 0 aliphatic carbocycles. The zero-order valence-corrected chi connectivity index (χ0v) is 12.6. The van der Waals surface area contributed by atoms with E-state index in [1.54, 1.807) is 0 Å². The molecule has 0 aliphatic rings. The summed E-state index contributed by atoms with van der Waals surface area (Å²) in [6, 6.07) is 4.10. The van der Waals surface area contributed by atoms with Gasteiger partial charge in [-0.15, -0.1) is 0 Å². The molecule has 20 heavy (non-hydrogen) atoms. The second-order valence-corrected chi connectivity index (χ2v) is 5.17. The summed E-state index contributed by atoms with van der Waals surface area (Å²) < 4.78 is 18.7. The molecule has 0 saturated carbocycles. The van der Waals surface area contributed by atoms with Gasteiger partial charge >= 0.3 is 0 Å². The van der Waals surface area contributed by atoms with Gasteiger partial charge in [0, 0.05) is 0 Å². The maximum absolute atomic E-state index is 13.1. The van der Waals surface area contributed by atoms with E-state index in [0.29, 0.717) is 17.9 Å². The molecule has 0 aliphatic heterocycles. The number of unbranched alkanes of at least 4 members (excludes halogenated alkanes) is 6. The summed E-state index contributed by atoms with van der Waals surface area (Å²) in [4.78, 5) is 11.4. The number of hydrogen-bond acceptors (Lipinski definition) is 2. The van der Waals surface area contributed by atoms with E-state index < -0.39 is 5.82 Å². The molecule has 2 nitrogen and oxygen atoms in total. The molecule has 0 unspecified atom stereocenters. The summed E-state index contributed by atoms with van der Waals surface area (Å²) in [6.07, 6.45) is 8.51. The molecule has 1 rings (SSSR count). The number of benzene rings is 1. The van der Waals surface area contributed by atoms with E-state index in [0.717, 1.165) is 12.8 Å². The molecule has 0 heterocycles. The van der Waals surface area contributed by atoms with Gasteiger partial charge in [0.2, 0.25) is 0 Å². The fraction of sp³-hybridized carbons (Fsp3) is 0.588. The molecule has 112 valence electrons. The fourth-order valence-corrected chi connectivity index (χ4v) is 2.14. The van der Waals surface area contributed by atoms with Gasteiger partial charge in [-0.2, -0.15) is 0 Å². The molecule has 0 aromatic heterocycles. The third-order valence-corrected chi connectivity index (χ3v) is 3.33. The van der Waals surface area contributed by atoms with Crippen molar-refractivity contribution in [3.8, 4) is 5.75 Å². The van der Waals surface area contributed by atoms with E-state index in [1.807, 2.05) is 0 Å². The minimum atomic E-state index is -0.404. The van der Waals surface area contributed by atoms with Crippen molar-refractivity contribution in [2.24, 2.45) is 0 Å². The SMILES string of the molecule is CCCCCCCCCOc1ccc(F)cc1C(C)=O. The standard InChI is InChI=1S/C17H25FO2/c1-3-4-5-6-7-8-9-12-20-17-11-10-15(18)13-16(17)14(2)19/h10-11,13H,3-9,12H2,1-2H3. The molecule has 0 atom stereocenters. The van der Waals surface area contributed by atoms with Crippen molar-refractivity contribution in [3.63, 3.8) is 0 Å². The normalized spacial score (nSPS) is 10.6. The molecule has 3 heteroatoms. The summed E-state index contributed by atoms with van der Waals surface area (Å²) in [5, 5.41) is 0. The summed E-state index contributed by atoms with van der Waals surface area (Å²) in [7, 11) is 0. The van der Waals surface area contributed by atoms with Crippen LogP contribution in [0.3, 0.4) is 0 Å². The molecular formula is C17H25FO2. The summed E-state index contributed by atoms with van der Waals surface area (Å²) >= 11 is 0. The van der Waals surface area contributed by atoms with Gasteiger partial charge in [0.05, 0.1) is 12.2 Å². The third kappa shape index (κ3) is 6.18. The lowest BCUT2D eigenvalue weighted by Crippen LogP contribution is -2.03. The zero-order valence-electron chi connectivity index (χ0n) is 12.6. The Hall–Kier alpha value is -1.38. The minimum Gasteiger partial charge on any atom is -0.493 e. The Balaban J connectivity index is 2.27. The first-order chi connectivity index (χ1) is 9.65. The first-order valence-corrected chi connectivity index (χ1v) is 7.58. The highest BCUT2D eigenvalue weighted by atomic mass is 19.1. The van der Waals surface area contributed by atoms with Gasteiger partial charge in [-0.3, -0.25) is 4.79 Å². The Morgan fingerprint density at radius 3 is 2.40 bits per heavy atom. The number of halogens is 1. The van der Waals surface area contributed by atoms with Gasteiger partial charge in [0.15, 0.2) is 5.78 Å². The zero-order chi connectivity index (χ0) is 14.8. The van der Waals surface area contributed by atoms with Crippen molar-refractivity contribution < 1.29 is 13.9 Å². The molecule has 0 fully saturated rings. The number of ketones is 1. The van der Waals surface area contributed by atoms with Gasteiger partial charge < -0.3 is 4.74 Å². The average molecular weight is 280 g/mol. The van der Waals surface area contributed by atoms with E-state index in [2.05, 4.69) is 6.92 Å². The highest BCUT2D eigenvalue weighted by Gasteiger charge is 2.09. The molecule has 0 N–H and O–H groups in total. The highest BCUT2D eigenvalue weighted by molar-refractivity contribution is 5.96. The third-order valence-electron chi connectivity index (χ3n) is 3.33. The van der Waals surface area contributed by atoms with Crippen LogP contribution in [0.2, 0.25) is 0 Å². The van der Waals surface area contributed by atoms with Crippen LogP contribution in [0.4, 0.5) is 4.39 Å². The Morgan fingerprint density at radius 2 is 1.75 bits per heavy atom. The number of Topliss-reactive ketones (excluding diaryl/α,β-unsaturated/α-hetero) is 1. The van der Waals surface area contributed by atoms with E-state index in [1.165, 1.54) is 57.2 Å². The molecule has 1 aromatic rings. The Kier molecular flexibility index (Phi) is 7.93. The smallest absolute Gasteiger partial charge is 0.163 e. The van der Waals surface area contributed by atoms with Crippen LogP contribution in [-0.2, 0) is 0 Å². The number of hydrogen-bond donors (Lipinski definition) is 0. The van der Waals surface area contributed by atoms with E-state index in [9.17, 15) is 9.18 Å². The Morgan fingerprint density at radius 1 is 1.10 bits per heavy atom. The number of carbonyl (C=O) groups is 1. The van der Waals surface area contributed by atoms with E-state index in [-0.39, 0.29) is 5.78 Å². The molecule has 1 aromatic carbocycles. The molecule has 0 saturated heterocycles. The van der Waals surface area contributed by atoms with Crippen molar-refractivity contribution in [1.82, 2.24) is 0 Å². The van der Waals surface area contributed by atoms with Crippen molar-refractivity contribution >= 4 is 5.78 Å². The number of ether oxygens (including phenoxy) is 1. The van der Waals surface area contributed by atoms with Crippen molar-refractivity contribution in [2.75, 3.05) is 6.61 Å². The predicted molar refractivity (Wildman–Crippen MR) is 79.9 cm³/mol. The highest BCUT2D eigenvalue weighted by Crippen LogP contribution is 2.20. The molecule has 0 bridgehead atoms. The molecule has 0 amide bonds. The Labute approximate surface area is 121 Å². The van der Waals surface area contributed by atoms with Crippen LogP contribution in [-0.4, -0.2) is 12.4 Å². The topological polar surface area (TPSA) is 26.3 Å². The predicted octanol–water partition coefficient (Wildman–Crippen LogP) is 5.16. The number of rotatable bonds is 10. The van der Waals surface area contributed by atoms with Crippen molar-refractivity contribution in [2.45, 2.75) is 58.8 Å². The van der Waals surface area contributed by atoms with Crippen LogP contribution >= 0.6 is 0 Å². The van der Waals surface area contributed by atoms with Gasteiger partial charge in [-0.1, -0.05) is 45.4 Å². The second-order valence-electron chi connectivity index (χ2n) is 5.17. The number of carbonyl (C=O) groups excluding carboxylic acids is 1. The summed E-state index contributed by atoms with van der Waals surface area (Å²) in [5.74, 6) is -0.0811. The lowest BCUT2D eigenvalue weighted by molar-refractivity contribution is 0.101.